The zero-order valence-electron chi connectivity index (χ0n) is 11.4. The fourth-order valence-electron chi connectivity index (χ4n) is 1.88. The minimum Gasteiger partial charge on any atom is -0.399 e. The molecule has 20 heavy (non-hydrogen) atoms. The van der Waals surface area contributed by atoms with Crippen LogP contribution in [0.2, 0.25) is 0 Å². The number of amides is 1. The summed E-state index contributed by atoms with van der Waals surface area (Å²) in [6.45, 7) is 1.51. The number of aryl methyl sites for hydroxylation is 1. The lowest BCUT2D eigenvalue weighted by Crippen LogP contribution is -2.05. The van der Waals surface area contributed by atoms with Crippen LogP contribution in [0.5, 0.6) is 0 Å². The minimum atomic E-state index is -0.0510. The van der Waals surface area contributed by atoms with Gasteiger partial charge in [-0.3, -0.25) is 4.79 Å². The monoisotopic (exact) mass is 286 g/mol. The predicted octanol–water partition coefficient (Wildman–Crippen LogP) is 3.56. The zero-order chi connectivity index (χ0) is 14.4. The summed E-state index contributed by atoms with van der Waals surface area (Å²) in [5, 5.41) is 2.76. The van der Waals surface area contributed by atoms with E-state index in [0.29, 0.717) is 0 Å². The van der Waals surface area contributed by atoms with Gasteiger partial charge in [0, 0.05) is 28.9 Å². The van der Waals surface area contributed by atoms with Crippen LogP contribution in [0.25, 0.3) is 0 Å². The second-order valence-corrected chi connectivity index (χ2v) is 5.67. The number of hydrogen-bond donors (Lipinski definition) is 2. The largest absolute Gasteiger partial charge is 0.399 e. The number of anilines is 2. The van der Waals surface area contributed by atoms with Gasteiger partial charge in [0.1, 0.15) is 0 Å². The summed E-state index contributed by atoms with van der Waals surface area (Å²) >= 11 is 1.78. The van der Waals surface area contributed by atoms with Crippen molar-refractivity contribution in [2.75, 3.05) is 16.8 Å². The molecule has 0 aliphatic rings. The Balaban J connectivity index is 1.85. The van der Waals surface area contributed by atoms with Gasteiger partial charge in [0.05, 0.1) is 0 Å². The Morgan fingerprint density at radius 2 is 1.85 bits per heavy atom. The first-order valence-electron chi connectivity index (χ1n) is 6.49. The second kappa shape index (κ2) is 7.01. The first-order chi connectivity index (χ1) is 9.65. The molecule has 0 radical (unpaired) electrons. The van der Waals surface area contributed by atoms with Gasteiger partial charge >= 0.3 is 0 Å². The van der Waals surface area contributed by atoms with Crippen LogP contribution in [0.3, 0.4) is 0 Å². The van der Waals surface area contributed by atoms with Crippen molar-refractivity contribution < 1.29 is 4.79 Å². The molecule has 0 saturated carbocycles. The molecule has 2 rings (SSSR count). The fourth-order valence-corrected chi connectivity index (χ4v) is 2.76. The molecule has 0 heterocycles. The molecule has 4 heteroatoms. The van der Waals surface area contributed by atoms with Crippen LogP contribution < -0.4 is 11.1 Å². The van der Waals surface area contributed by atoms with Crippen LogP contribution in [0, 0.1) is 0 Å². The maximum Gasteiger partial charge on any atom is 0.221 e. The van der Waals surface area contributed by atoms with Crippen LogP contribution in [0.4, 0.5) is 11.4 Å². The molecular formula is C16H18N2OS. The van der Waals surface area contributed by atoms with Crippen molar-refractivity contribution in [2.24, 2.45) is 0 Å². The normalized spacial score (nSPS) is 10.2. The lowest BCUT2D eigenvalue weighted by molar-refractivity contribution is -0.114. The van der Waals surface area contributed by atoms with Gasteiger partial charge in [-0.2, -0.15) is 0 Å². The maximum atomic E-state index is 10.9. The van der Waals surface area contributed by atoms with E-state index in [2.05, 4.69) is 11.4 Å². The third-order valence-electron chi connectivity index (χ3n) is 2.87. The highest BCUT2D eigenvalue weighted by atomic mass is 32.2. The van der Waals surface area contributed by atoms with Gasteiger partial charge in [0.15, 0.2) is 0 Å². The third kappa shape index (κ3) is 4.31. The second-order valence-electron chi connectivity index (χ2n) is 4.50. The maximum absolute atomic E-state index is 10.9. The van der Waals surface area contributed by atoms with Crippen LogP contribution >= 0.6 is 11.8 Å². The van der Waals surface area contributed by atoms with Crippen molar-refractivity contribution in [1.29, 1.82) is 0 Å². The van der Waals surface area contributed by atoms with E-state index in [1.807, 2.05) is 42.5 Å². The molecule has 0 spiro atoms. The summed E-state index contributed by atoms with van der Waals surface area (Å²) in [7, 11) is 0. The molecule has 0 aliphatic carbocycles. The van der Waals surface area contributed by atoms with Crippen molar-refractivity contribution in [2.45, 2.75) is 18.2 Å². The van der Waals surface area contributed by atoms with E-state index in [0.717, 1.165) is 23.5 Å². The number of rotatable bonds is 5. The van der Waals surface area contributed by atoms with Crippen LogP contribution in [-0.4, -0.2) is 11.7 Å². The number of carbonyl (C=O) groups is 1. The molecule has 0 unspecified atom stereocenters. The minimum absolute atomic E-state index is 0.0510. The highest BCUT2D eigenvalue weighted by molar-refractivity contribution is 7.99. The van der Waals surface area contributed by atoms with E-state index in [4.69, 9.17) is 5.73 Å². The van der Waals surface area contributed by atoms with Crippen molar-refractivity contribution in [3.63, 3.8) is 0 Å². The SMILES string of the molecule is CC(=O)Nc1ccc(SCCc2ccccc2N)cc1. The summed E-state index contributed by atoms with van der Waals surface area (Å²) < 4.78 is 0. The highest BCUT2D eigenvalue weighted by Gasteiger charge is 2.00. The first-order valence-corrected chi connectivity index (χ1v) is 7.47. The number of para-hydroxylation sites is 1. The Morgan fingerprint density at radius 1 is 1.15 bits per heavy atom. The van der Waals surface area contributed by atoms with Gasteiger partial charge < -0.3 is 11.1 Å². The van der Waals surface area contributed by atoms with E-state index in [1.54, 1.807) is 11.8 Å². The van der Waals surface area contributed by atoms with Crippen LogP contribution in [0.15, 0.2) is 53.4 Å². The van der Waals surface area contributed by atoms with E-state index >= 15 is 0 Å². The molecule has 0 fully saturated rings. The molecule has 104 valence electrons. The average Bonchev–Trinajstić information content (AvgIpc) is 2.42. The number of carbonyl (C=O) groups excluding carboxylic acids is 1. The smallest absolute Gasteiger partial charge is 0.221 e. The van der Waals surface area contributed by atoms with Gasteiger partial charge in [-0.15, -0.1) is 11.8 Å². The topological polar surface area (TPSA) is 55.1 Å². The molecule has 3 nitrogen and oxygen atoms in total. The molecule has 0 saturated heterocycles. The Hall–Kier alpha value is -1.94. The molecule has 2 aromatic carbocycles. The van der Waals surface area contributed by atoms with Gasteiger partial charge in [0.25, 0.3) is 0 Å². The van der Waals surface area contributed by atoms with E-state index < -0.39 is 0 Å². The lowest BCUT2D eigenvalue weighted by Gasteiger charge is -2.06. The molecule has 0 aliphatic heterocycles. The van der Waals surface area contributed by atoms with Crippen molar-refractivity contribution in [1.82, 2.24) is 0 Å². The molecule has 3 N–H and O–H groups in total. The van der Waals surface area contributed by atoms with Crippen LogP contribution in [0.1, 0.15) is 12.5 Å². The van der Waals surface area contributed by atoms with Crippen LogP contribution in [-0.2, 0) is 11.2 Å². The van der Waals surface area contributed by atoms with E-state index in [9.17, 15) is 4.79 Å². The van der Waals surface area contributed by atoms with Crippen molar-refractivity contribution >= 4 is 29.0 Å². The van der Waals surface area contributed by atoms with Crippen molar-refractivity contribution in [3.8, 4) is 0 Å². The molecule has 0 bridgehead atoms. The number of nitrogens with two attached hydrogens (primary N) is 1. The third-order valence-corrected chi connectivity index (χ3v) is 3.88. The summed E-state index contributed by atoms with van der Waals surface area (Å²) in [5.41, 5.74) is 8.79. The van der Waals surface area contributed by atoms with Gasteiger partial charge in [-0.25, -0.2) is 0 Å². The van der Waals surface area contributed by atoms with Gasteiger partial charge in [0.2, 0.25) is 5.91 Å². The fraction of sp³-hybridized carbons (Fsp3) is 0.188. The van der Waals surface area contributed by atoms with E-state index in [1.165, 1.54) is 17.4 Å². The van der Waals surface area contributed by atoms with Crippen molar-refractivity contribution in [3.05, 3.63) is 54.1 Å². The number of nitrogens with one attached hydrogen (secondary N) is 1. The summed E-state index contributed by atoms with van der Waals surface area (Å²) in [6.07, 6.45) is 0.949. The number of benzene rings is 2. The number of nitrogen functional groups attached to an aromatic ring is 1. The van der Waals surface area contributed by atoms with E-state index in [-0.39, 0.29) is 5.91 Å². The predicted molar refractivity (Wildman–Crippen MR) is 86.0 cm³/mol. The summed E-state index contributed by atoms with van der Waals surface area (Å²) in [4.78, 5) is 12.1. The molecule has 0 aromatic heterocycles. The van der Waals surface area contributed by atoms with Gasteiger partial charge in [-0.05, 0) is 42.3 Å². The summed E-state index contributed by atoms with van der Waals surface area (Å²) in [5.74, 6) is 0.929. The molecular weight excluding hydrogens is 268 g/mol. The molecule has 0 atom stereocenters. The number of thioether (sulfide) groups is 1. The lowest BCUT2D eigenvalue weighted by atomic mass is 10.1. The Labute approximate surface area is 123 Å². The molecule has 2 aromatic rings. The molecule has 1 amide bonds. The summed E-state index contributed by atoms with van der Waals surface area (Å²) in [6, 6.07) is 15.8. The Morgan fingerprint density at radius 3 is 2.50 bits per heavy atom. The average molecular weight is 286 g/mol. The Bertz CT molecular complexity index is 581. The standard InChI is InChI=1S/C16H18N2OS/c1-12(19)18-14-6-8-15(9-7-14)20-11-10-13-4-2-3-5-16(13)17/h2-9H,10-11,17H2,1H3,(H,18,19). The highest BCUT2D eigenvalue weighted by Crippen LogP contribution is 2.22. The Kier molecular flexibility index (Phi) is 5.07. The van der Waals surface area contributed by atoms with Gasteiger partial charge in [-0.1, -0.05) is 18.2 Å². The number of hydrogen-bond acceptors (Lipinski definition) is 3. The quantitative estimate of drug-likeness (QED) is 0.652. The zero-order valence-corrected chi connectivity index (χ0v) is 12.2. The first kappa shape index (κ1) is 14.5.